The van der Waals surface area contributed by atoms with Crippen LogP contribution < -0.4 is 5.32 Å². The highest BCUT2D eigenvalue weighted by Gasteiger charge is 2.16. The molecule has 3 aromatic carbocycles. The lowest BCUT2D eigenvalue weighted by Gasteiger charge is -2.19. The number of aryl methyl sites for hydroxylation is 1. The molecule has 0 saturated heterocycles. The molecule has 4 heteroatoms. The number of hydrogen-bond acceptors (Lipinski definition) is 3. The summed E-state index contributed by atoms with van der Waals surface area (Å²) in [5.41, 5.74) is 7.16. The molecule has 0 aliphatic carbocycles. The Bertz CT molecular complexity index is 1070. The third kappa shape index (κ3) is 4.28. The van der Waals surface area contributed by atoms with Crippen molar-refractivity contribution in [3.63, 3.8) is 0 Å². The van der Waals surface area contributed by atoms with Gasteiger partial charge in [0.05, 0.1) is 12.6 Å². The fourth-order valence-electron chi connectivity index (χ4n) is 3.70. The lowest BCUT2D eigenvalue weighted by Crippen LogP contribution is -2.29. The summed E-state index contributed by atoms with van der Waals surface area (Å²) in [6, 6.07) is 21.7. The first-order chi connectivity index (χ1) is 14.1. The first-order valence-corrected chi connectivity index (χ1v) is 9.85. The van der Waals surface area contributed by atoms with Crippen molar-refractivity contribution in [1.29, 1.82) is 0 Å². The van der Waals surface area contributed by atoms with E-state index in [0.717, 1.165) is 34.4 Å². The number of carbonyl (C=O) groups is 1. The summed E-state index contributed by atoms with van der Waals surface area (Å²) in [5, 5.41) is 12.5. The van der Waals surface area contributed by atoms with E-state index in [0.29, 0.717) is 12.0 Å². The Morgan fingerprint density at radius 1 is 1.07 bits per heavy atom. The first-order valence-electron chi connectivity index (χ1n) is 9.85. The van der Waals surface area contributed by atoms with Crippen LogP contribution in [0.1, 0.15) is 45.1 Å². The minimum Gasteiger partial charge on any atom is -0.396 e. The van der Waals surface area contributed by atoms with Crippen LogP contribution in [0.2, 0.25) is 0 Å². The summed E-state index contributed by atoms with van der Waals surface area (Å²) in [6.45, 7) is 2.77. The number of fused-ring (bicyclic) bond motifs is 1. The topological polar surface area (TPSA) is 61.7 Å². The molecule has 1 unspecified atom stereocenters. The van der Waals surface area contributed by atoms with E-state index in [1.54, 1.807) is 0 Å². The van der Waals surface area contributed by atoms with Gasteiger partial charge in [-0.3, -0.25) is 9.79 Å². The van der Waals surface area contributed by atoms with Gasteiger partial charge in [-0.1, -0.05) is 54.1 Å². The van der Waals surface area contributed by atoms with E-state index >= 15 is 0 Å². The number of aliphatic hydroxyl groups excluding tert-OH is 1. The fraction of sp³-hybridized carbons (Fsp3) is 0.200. The quantitative estimate of drug-likeness (QED) is 0.660. The number of hydrogen-bond donors (Lipinski definition) is 2. The van der Waals surface area contributed by atoms with Crippen LogP contribution in [0.25, 0.3) is 11.1 Å². The number of aliphatic hydroxyl groups is 1. The average Bonchev–Trinajstić information content (AvgIpc) is 3.21. The van der Waals surface area contributed by atoms with E-state index in [9.17, 15) is 9.90 Å². The molecule has 4 rings (SSSR count). The number of nitrogens with one attached hydrogen (secondary N) is 1. The number of rotatable bonds is 6. The van der Waals surface area contributed by atoms with Crippen LogP contribution in [0, 0.1) is 6.92 Å². The highest BCUT2D eigenvalue weighted by Crippen LogP contribution is 2.26. The van der Waals surface area contributed by atoms with Crippen molar-refractivity contribution < 1.29 is 9.90 Å². The molecule has 1 heterocycles. The van der Waals surface area contributed by atoms with E-state index in [1.165, 1.54) is 5.56 Å². The number of carbonyl (C=O) groups excluding carboxylic acids is 1. The van der Waals surface area contributed by atoms with E-state index in [4.69, 9.17) is 0 Å². The van der Waals surface area contributed by atoms with Gasteiger partial charge in [-0.25, -0.2) is 0 Å². The maximum absolute atomic E-state index is 12.9. The number of aliphatic imine (C=N–C) groups is 1. The summed E-state index contributed by atoms with van der Waals surface area (Å²) < 4.78 is 0. The monoisotopic (exact) mass is 384 g/mol. The Hall–Kier alpha value is -3.24. The minimum atomic E-state index is -0.229. The maximum Gasteiger partial charge on any atom is 0.251 e. The third-order valence-corrected chi connectivity index (χ3v) is 5.26. The zero-order valence-electron chi connectivity index (χ0n) is 16.4. The molecule has 29 heavy (non-hydrogen) atoms. The molecule has 0 aromatic heterocycles. The molecule has 1 aliphatic heterocycles. The van der Waals surface area contributed by atoms with Gasteiger partial charge in [0, 0.05) is 18.4 Å². The van der Waals surface area contributed by atoms with Crippen molar-refractivity contribution in [3.8, 4) is 11.1 Å². The zero-order chi connectivity index (χ0) is 20.2. The van der Waals surface area contributed by atoms with Crippen molar-refractivity contribution >= 4 is 12.1 Å². The van der Waals surface area contributed by atoms with Crippen LogP contribution in [0.3, 0.4) is 0 Å². The molecule has 1 amide bonds. The van der Waals surface area contributed by atoms with Crippen LogP contribution in [0.15, 0.2) is 71.7 Å². The van der Waals surface area contributed by atoms with Gasteiger partial charge in [0.15, 0.2) is 0 Å². The molecule has 2 N–H and O–H groups in total. The van der Waals surface area contributed by atoms with E-state index in [1.807, 2.05) is 61.7 Å². The highest BCUT2D eigenvalue weighted by atomic mass is 16.3. The molecule has 1 aliphatic rings. The van der Waals surface area contributed by atoms with Crippen molar-refractivity contribution in [1.82, 2.24) is 5.32 Å². The normalized spacial score (nSPS) is 13.2. The van der Waals surface area contributed by atoms with Crippen molar-refractivity contribution in [2.75, 3.05) is 6.61 Å². The molecule has 0 bridgehead atoms. The van der Waals surface area contributed by atoms with Gasteiger partial charge in [0.2, 0.25) is 0 Å². The summed E-state index contributed by atoms with van der Waals surface area (Å²) in [5.74, 6) is -0.144. The van der Waals surface area contributed by atoms with Gasteiger partial charge < -0.3 is 10.4 Å². The molecular weight excluding hydrogens is 360 g/mol. The second-order valence-electron chi connectivity index (χ2n) is 7.42. The molecule has 3 aromatic rings. The lowest BCUT2D eigenvalue weighted by atomic mass is 9.98. The lowest BCUT2D eigenvalue weighted by molar-refractivity contribution is 0.0930. The smallest absolute Gasteiger partial charge is 0.251 e. The summed E-state index contributed by atoms with van der Waals surface area (Å²) >= 11 is 0. The van der Waals surface area contributed by atoms with E-state index < -0.39 is 0 Å². The maximum atomic E-state index is 12.9. The van der Waals surface area contributed by atoms with Crippen molar-refractivity contribution in [2.24, 2.45) is 4.99 Å². The van der Waals surface area contributed by atoms with Crippen molar-refractivity contribution in [3.05, 3.63) is 94.5 Å². The Kier molecular flexibility index (Phi) is 5.54. The van der Waals surface area contributed by atoms with Gasteiger partial charge in [-0.15, -0.1) is 0 Å². The Morgan fingerprint density at radius 2 is 1.90 bits per heavy atom. The Balaban J connectivity index is 1.57. The Morgan fingerprint density at radius 3 is 2.72 bits per heavy atom. The largest absolute Gasteiger partial charge is 0.396 e. The van der Waals surface area contributed by atoms with Crippen LogP contribution in [0.4, 0.5) is 0 Å². The second kappa shape index (κ2) is 8.41. The van der Waals surface area contributed by atoms with Crippen LogP contribution in [-0.2, 0) is 6.54 Å². The second-order valence-corrected chi connectivity index (χ2v) is 7.42. The van der Waals surface area contributed by atoms with Crippen molar-refractivity contribution in [2.45, 2.75) is 25.9 Å². The van der Waals surface area contributed by atoms with Gasteiger partial charge in [0.1, 0.15) is 0 Å². The predicted octanol–water partition coefficient (Wildman–Crippen LogP) is 4.45. The zero-order valence-corrected chi connectivity index (χ0v) is 16.4. The minimum absolute atomic E-state index is 0.00953. The predicted molar refractivity (Wildman–Crippen MR) is 116 cm³/mol. The standard InChI is InChI=1S/C25H24N2O2/c1-17-4-2-6-20(12-17)24(10-11-28)27-25(29)21-7-3-5-18(13-21)19-8-9-22-15-26-16-23(22)14-19/h2-9,12-14,16,24,28H,10-11,15H2,1H3,(H,27,29). The van der Waals surface area contributed by atoms with Gasteiger partial charge in [-0.2, -0.15) is 0 Å². The van der Waals surface area contributed by atoms with Gasteiger partial charge >= 0.3 is 0 Å². The summed E-state index contributed by atoms with van der Waals surface area (Å²) in [6.07, 6.45) is 2.37. The number of nitrogens with zero attached hydrogens (tertiary/aromatic N) is 1. The fourth-order valence-corrected chi connectivity index (χ4v) is 3.70. The van der Waals surface area contributed by atoms with Crippen LogP contribution >= 0.6 is 0 Å². The molecule has 0 saturated carbocycles. The first kappa shape index (κ1) is 19.1. The van der Waals surface area contributed by atoms with Gasteiger partial charge in [0.25, 0.3) is 5.91 Å². The van der Waals surface area contributed by atoms with Gasteiger partial charge in [-0.05, 0) is 59.4 Å². The molecular formula is C25H24N2O2. The van der Waals surface area contributed by atoms with Crippen LogP contribution in [0.5, 0.6) is 0 Å². The number of benzene rings is 3. The summed E-state index contributed by atoms with van der Waals surface area (Å²) in [4.78, 5) is 17.3. The number of amides is 1. The summed E-state index contributed by atoms with van der Waals surface area (Å²) in [7, 11) is 0. The SMILES string of the molecule is Cc1cccc(C(CCO)NC(=O)c2cccc(-c3ccc4c(c3)C=NC4)c2)c1. The van der Waals surface area contributed by atoms with Crippen LogP contribution in [-0.4, -0.2) is 23.8 Å². The Labute approximate surface area is 170 Å². The molecule has 4 nitrogen and oxygen atoms in total. The molecule has 1 atom stereocenters. The molecule has 146 valence electrons. The van der Waals surface area contributed by atoms with E-state index in [-0.39, 0.29) is 18.6 Å². The molecule has 0 radical (unpaired) electrons. The van der Waals surface area contributed by atoms with E-state index in [2.05, 4.69) is 28.5 Å². The highest BCUT2D eigenvalue weighted by molar-refractivity contribution is 5.96. The third-order valence-electron chi connectivity index (χ3n) is 5.26. The average molecular weight is 384 g/mol. The molecule has 0 fully saturated rings. The molecule has 0 spiro atoms.